The molecule has 7 nitrogen and oxygen atoms in total. The maximum atomic E-state index is 12.1. The molecule has 2 aromatic rings. The minimum Gasteiger partial charge on any atom is -0.375 e. The first-order valence-electron chi connectivity index (χ1n) is 6.82. The van der Waals surface area contributed by atoms with Crippen LogP contribution < -0.4 is 16.2 Å². The van der Waals surface area contributed by atoms with Gasteiger partial charge in [-0.15, -0.1) is 23.7 Å². The van der Waals surface area contributed by atoms with E-state index >= 15 is 0 Å². The zero-order chi connectivity index (χ0) is 14.8. The van der Waals surface area contributed by atoms with Crippen molar-refractivity contribution in [3.05, 3.63) is 33.8 Å². The Labute approximate surface area is 138 Å². The van der Waals surface area contributed by atoms with Crippen molar-refractivity contribution < 1.29 is 0 Å². The van der Waals surface area contributed by atoms with Gasteiger partial charge in [0.2, 0.25) is 0 Å². The van der Waals surface area contributed by atoms with Gasteiger partial charge in [0.1, 0.15) is 0 Å². The van der Waals surface area contributed by atoms with Crippen molar-refractivity contribution in [2.75, 3.05) is 36.8 Å². The Bertz CT molecular complexity index is 679. The summed E-state index contributed by atoms with van der Waals surface area (Å²) in [5.74, 6) is 0.543. The van der Waals surface area contributed by atoms with Gasteiger partial charge in [-0.1, -0.05) is 0 Å². The van der Waals surface area contributed by atoms with Crippen molar-refractivity contribution in [2.45, 2.75) is 6.54 Å². The summed E-state index contributed by atoms with van der Waals surface area (Å²) in [5, 5.41) is 0.612. The lowest BCUT2D eigenvalue weighted by atomic mass is 10.3. The minimum absolute atomic E-state index is 0. The quantitative estimate of drug-likeness (QED) is 0.878. The summed E-state index contributed by atoms with van der Waals surface area (Å²) >= 11 is 1.53. The van der Waals surface area contributed by atoms with Gasteiger partial charge < -0.3 is 15.2 Å². The van der Waals surface area contributed by atoms with Gasteiger partial charge in [0, 0.05) is 63.2 Å². The Morgan fingerprint density at radius 3 is 2.64 bits per heavy atom. The first kappa shape index (κ1) is 16.7. The fourth-order valence-corrected chi connectivity index (χ4v) is 3.16. The third-order valence-electron chi connectivity index (χ3n) is 3.62. The molecule has 3 rings (SSSR count). The van der Waals surface area contributed by atoms with Crippen LogP contribution in [0.25, 0.3) is 0 Å². The van der Waals surface area contributed by atoms with E-state index < -0.39 is 0 Å². The second-order valence-corrected chi connectivity index (χ2v) is 6.24. The smallest absolute Gasteiger partial charge is 0.293 e. The Hall–Kier alpha value is -1.64. The second-order valence-electron chi connectivity index (χ2n) is 5.09. The van der Waals surface area contributed by atoms with E-state index in [4.69, 9.17) is 5.73 Å². The number of nitrogens with zero attached hydrogens (tertiary/aromatic N) is 5. The van der Waals surface area contributed by atoms with E-state index in [1.807, 2.05) is 6.20 Å². The molecule has 2 N–H and O–H groups in total. The molecule has 3 heterocycles. The average molecular weight is 343 g/mol. The summed E-state index contributed by atoms with van der Waals surface area (Å²) in [4.78, 5) is 25.9. The monoisotopic (exact) mass is 342 g/mol. The summed E-state index contributed by atoms with van der Waals surface area (Å²) in [7, 11) is 1.75. The highest BCUT2D eigenvalue weighted by atomic mass is 35.5. The Balaban J connectivity index is 0.00000176. The fourth-order valence-electron chi connectivity index (χ4n) is 2.44. The summed E-state index contributed by atoms with van der Waals surface area (Å²) in [6, 6.07) is 0. The summed E-state index contributed by atoms with van der Waals surface area (Å²) in [6.45, 7) is 4.28. The zero-order valence-electron chi connectivity index (χ0n) is 12.3. The van der Waals surface area contributed by atoms with Crippen LogP contribution in [0.4, 0.5) is 10.9 Å². The summed E-state index contributed by atoms with van der Waals surface area (Å²) < 4.78 is 1.56. The summed E-state index contributed by atoms with van der Waals surface area (Å²) in [5.41, 5.74) is 5.61. The lowest BCUT2D eigenvalue weighted by molar-refractivity contribution is 0.251. The van der Waals surface area contributed by atoms with Crippen molar-refractivity contribution in [3.63, 3.8) is 0 Å². The van der Waals surface area contributed by atoms with E-state index in [0.717, 1.165) is 32.7 Å². The van der Waals surface area contributed by atoms with E-state index in [9.17, 15) is 4.79 Å². The van der Waals surface area contributed by atoms with Crippen LogP contribution in [-0.4, -0.2) is 45.6 Å². The molecule has 0 unspecified atom stereocenters. The molecular formula is C13H19ClN6OS. The van der Waals surface area contributed by atoms with Crippen molar-refractivity contribution >= 4 is 34.7 Å². The number of thiazole rings is 1. The van der Waals surface area contributed by atoms with Crippen LogP contribution in [0.2, 0.25) is 0 Å². The van der Waals surface area contributed by atoms with Crippen molar-refractivity contribution in [3.8, 4) is 0 Å². The van der Waals surface area contributed by atoms with Gasteiger partial charge in [-0.05, 0) is 0 Å². The first-order chi connectivity index (χ1) is 10.1. The standard InChI is InChI=1S/C13H18N6OS.ClH/c1-17-3-2-15-11(12(17)20)19-6-4-18(5-7-19)9-10-8-16-13(14)21-10;/h2-3,8H,4-7,9H2,1H3,(H2,14,16);1H. The zero-order valence-corrected chi connectivity index (χ0v) is 13.9. The number of anilines is 2. The number of rotatable bonds is 3. The van der Waals surface area contributed by atoms with Crippen LogP contribution in [0.3, 0.4) is 0 Å². The lowest BCUT2D eigenvalue weighted by Crippen LogP contribution is -2.48. The molecule has 1 fully saturated rings. The molecule has 0 radical (unpaired) electrons. The van der Waals surface area contributed by atoms with Crippen molar-refractivity contribution in [1.29, 1.82) is 0 Å². The van der Waals surface area contributed by atoms with Gasteiger partial charge in [0.05, 0.1) is 0 Å². The molecule has 0 amide bonds. The number of halogens is 1. The number of aromatic nitrogens is 3. The van der Waals surface area contributed by atoms with Crippen LogP contribution in [-0.2, 0) is 13.6 Å². The van der Waals surface area contributed by atoms with Crippen LogP contribution in [0.5, 0.6) is 0 Å². The number of nitrogens with two attached hydrogens (primary N) is 1. The first-order valence-corrected chi connectivity index (χ1v) is 7.64. The van der Waals surface area contributed by atoms with E-state index in [-0.39, 0.29) is 18.0 Å². The van der Waals surface area contributed by atoms with E-state index in [2.05, 4.69) is 19.8 Å². The average Bonchev–Trinajstić information content (AvgIpc) is 2.88. The highest BCUT2D eigenvalue weighted by molar-refractivity contribution is 7.15. The van der Waals surface area contributed by atoms with Crippen molar-refractivity contribution in [2.24, 2.45) is 7.05 Å². The Morgan fingerprint density at radius 2 is 2.00 bits per heavy atom. The molecule has 0 atom stereocenters. The van der Waals surface area contributed by atoms with Crippen LogP contribution in [0.15, 0.2) is 23.4 Å². The molecule has 1 saturated heterocycles. The normalized spacial score (nSPS) is 15.6. The third kappa shape index (κ3) is 3.57. The predicted octanol–water partition coefficient (Wildman–Crippen LogP) is 0.563. The number of piperazine rings is 1. The Kier molecular flexibility index (Phi) is 5.38. The molecular weight excluding hydrogens is 324 g/mol. The molecule has 2 aromatic heterocycles. The number of nitrogen functional groups attached to an aromatic ring is 1. The van der Waals surface area contributed by atoms with Gasteiger partial charge in [0.15, 0.2) is 10.9 Å². The largest absolute Gasteiger partial charge is 0.375 e. The van der Waals surface area contributed by atoms with Gasteiger partial charge in [0.25, 0.3) is 5.56 Å². The van der Waals surface area contributed by atoms with E-state index in [0.29, 0.717) is 10.9 Å². The number of hydrogen-bond donors (Lipinski definition) is 1. The van der Waals surface area contributed by atoms with Crippen LogP contribution in [0.1, 0.15) is 4.88 Å². The van der Waals surface area contributed by atoms with Crippen LogP contribution >= 0.6 is 23.7 Å². The van der Waals surface area contributed by atoms with Gasteiger partial charge in [-0.3, -0.25) is 9.69 Å². The van der Waals surface area contributed by atoms with Crippen molar-refractivity contribution in [1.82, 2.24) is 19.4 Å². The molecule has 120 valence electrons. The van der Waals surface area contributed by atoms with Crippen LogP contribution in [0, 0.1) is 0 Å². The second kappa shape index (κ2) is 7.08. The molecule has 0 spiro atoms. The molecule has 0 saturated carbocycles. The molecule has 1 aliphatic heterocycles. The van der Waals surface area contributed by atoms with E-state index in [1.165, 1.54) is 16.2 Å². The maximum absolute atomic E-state index is 12.1. The topological polar surface area (TPSA) is 80.3 Å². The molecule has 9 heteroatoms. The highest BCUT2D eigenvalue weighted by Gasteiger charge is 2.20. The Morgan fingerprint density at radius 1 is 1.27 bits per heavy atom. The van der Waals surface area contributed by atoms with Gasteiger partial charge >= 0.3 is 0 Å². The minimum atomic E-state index is -0.0406. The summed E-state index contributed by atoms with van der Waals surface area (Å²) in [6.07, 6.45) is 5.18. The predicted molar refractivity (Wildman–Crippen MR) is 90.7 cm³/mol. The molecule has 0 aromatic carbocycles. The van der Waals surface area contributed by atoms with Gasteiger partial charge in [-0.25, -0.2) is 9.97 Å². The SMILES string of the molecule is Cl.Cn1ccnc(N2CCN(Cc3cnc(N)s3)CC2)c1=O. The molecule has 0 bridgehead atoms. The maximum Gasteiger partial charge on any atom is 0.293 e. The van der Waals surface area contributed by atoms with Gasteiger partial charge in [-0.2, -0.15) is 0 Å². The molecule has 22 heavy (non-hydrogen) atoms. The molecule has 0 aliphatic carbocycles. The van der Waals surface area contributed by atoms with E-state index in [1.54, 1.807) is 24.0 Å². The fraction of sp³-hybridized carbons (Fsp3) is 0.462. The molecule has 1 aliphatic rings. The third-order valence-corrected chi connectivity index (χ3v) is 4.43. The lowest BCUT2D eigenvalue weighted by Gasteiger charge is -2.34. The number of aryl methyl sites for hydroxylation is 1. The number of hydrogen-bond acceptors (Lipinski definition) is 7. The highest BCUT2D eigenvalue weighted by Crippen LogP contribution is 2.18.